The smallest absolute Gasteiger partial charge is 0.166 e. The molecule has 27 heavy (non-hydrogen) atoms. The van der Waals surface area contributed by atoms with E-state index in [9.17, 15) is 4.39 Å². The van der Waals surface area contributed by atoms with Gasteiger partial charge in [0.1, 0.15) is 24.0 Å². The molecule has 1 aromatic heterocycles. The number of hydrogen-bond donors (Lipinski definition) is 1. The van der Waals surface area contributed by atoms with Gasteiger partial charge in [-0.1, -0.05) is 23.2 Å². The molecule has 0 bridgehead atoms. The van der Waals surface area contributed by atoms with Crippen LogP contribution in [0.15, 0.2) is 36.7 Å². The van der Waals surface area contributed by atoms with Gasteiger partial charge in [0.05, 0.1) is 34.5 Å². The molecule has 9 heteroatoms. The Morgan fingerprint density at radius 3 is 2.81 bits per heavy atom. The molecular formula is C18H15Cl3FN3O2. The second-order valence-electron chi connectivity index (χ2n) is 5.85. The first-order valence-electron chi connectivity index (χ1n) is 8.01. The number of nitrogens with zero attached hydrogens (tertiary/aromatic N) is 2. The minimum Gasteiger partial charge on any atom is -0.488 e. The number of fused-ring (bicyclic) bond motifs is 1. The lowest BCUT2D eigenvalue weighted by Gasteiger charge is -2.13. The molecule has 1 saturated heterocycles. The number of nitrogens with one attached hydrogen (secondary N) is 1. The third-order valence-corrected chi connectivity index (χ3v) is 4.87. The Bertz CT molecular complexity index is 968. The lowest BCUT2D eigenvalue weighted by molar-refractivity contribution is 0.141. The van der Waals surface area contributed by atoms with Crippen molar-refractivity contribution in [2.45, 2.75) is 12.5 Å². The molecule has 0 radical (unpaired) electrons. The van der Waals surface area contributed by atoms with Gasteiger partial charge in [0, 0.05) is 17.9 Å². The van der Waals surface area contributed by atoms with E-state index in [-0.39, 0.29) is 34.2 Å². The topological polar surface area (TPSA) is 56.3 Å². The van der Waals surface area contributed by atoms with E-state index < -0.39 is 5.82 Å². The Morgan fingerprint density at radius 1 is 1.19 bits per heavy atom. The highest BCUT2D eigenvalue weighted by Gasteiger charge is 2.18. The summed E-state index contributed by atoms with van der Waals surface area (Å²) in [6, 6.07) is 8.52. The quantitative estimate of drug-likeness (QED) is 0.561. The Morgan fingerprint density at radius 2 is 2.04 bits per heavy atom. The molecule has 0 spiro atoms. The van der Waals surface area contributed by atoms with Crippen LogP contribution in [-0.2, 0) is 4.74 Å². The van der Waals surface area contributed by atoms with Gasteiger partial charge in [-0.3, -0.25) is 0 Å². The zero-order valence-electron chi connectivity index (χ0n) is 13.9. The summed E-state index contributed by atoms with van der Waals surface area (Å²) in [6.45, 7) is 1.30. The zero-order chi connectivity index (χ0) is 18.1. The van der Waals surface area contributed by atoms with Gasteiger partial charge in [-0.15, -0.1) is 12.4 Å². The first-order chi connectivity index (χ1) is 12.6. The molecule has 2 heterocycles. The molecule has 0 saturated carbocycles. The lowest BCUT2D eigenvalue weighted by Crippen LogP contribution is -2.15. The second kappa shape index (κ2) is 8.44. The highest BCUT2D eigenvalue weighted by atomic mass is 35.5. The highest BCUT2D eigenvalue weighted by molar-refractivity contribution is 6.42. The van der Waals surface area contributed by atoms with Crippen molar-refractivity contribution in [3.8, 4) is 5.75 Å². The summed E-state index contributed by atoms with van der Waals surface area (Å²) < 4.78 is 25.5. The molecule has 1 aliphatic heterocycles. The van der Waals surface area contributed by atoms with Gasteiger partial charge in [0.25, 0.3) is 0 Å². The molecule has 3 aromatic rings. The maximum atomic E-state index is 14.3. The lowest BCUT2D eigenvalue weighted by atomic mass is 10.2. The van der Waals surface area contributed by atoms with E-state index in [1.807, 2.05) is 18.2 Å². The standard InChI is InChI=1S/C18H14Cl2FN3O2.ClH/c19-13-3-4-14(17(21)16(13)20)24-18-12-2-1-10(7-15(12)22-9-23-18)26-11-5-6-25-8-11;/h1-4,7,9,11H,5-6,8H2,(H,22,23,24);1H/t11-;/m0./s1. The molecule has 0 amide bonds. The first-order valence-corrected chi connectivity index (χ1v) is 8.77. The number of ether oxygens (including phenoxy) is 2. The number of anilines is 2. The third-order valence-electron chi connectivity index (χ3n) is 4.09. The van der Waals surface area contributed by atoms with Crippen LogP contribution in [-0.4, -0.2) is 29.3 Å². The Balaban J connectivity index is 0.00000210. The van der Waals surface area contributed by atoms with Gasteiger partial charge in [-0.05, 0) is 24.3 Å². The van der Waals surface area contributed by atoms with Crippen LogP contribution in [0.4, 0.5) is 15.9 Å². The summed E-state index contributed by atoms with van der Waals surface area (Å²) in [4.78, 5) is 8.47. The van der Waals surface area contributed by atoms with Crippen LogP contribution in [0.5, 0.6) is 5.75 Å². The number of aromatic nitrogens is 2. The normalized spacial score (nSPS) is 16.2. The van der Waals surface area contributed by atoms with Crippen LogP contribution >= 0.6 is 35.6 Å². The SMILES string of the molecule is Cl.Fc1c(Nc2ncnc3cc(O[C@H]4CCOC4)ccc23)ccc(Cl)c1Cl. The Labute approximate surface area is 171 Å². The summed E-state index contributed by atoms with van der Waals surface area (Å²) in [5.74, 6) is 0.536. The van der Waals surface area contributed by atoms with Crippen molar-refractivity contribution in [1.29, 1.82) is 0 Å². The van der Waals surface area contributed by atoms with Crippen molar-refractivity contribution < 1.29 is 13.9 Å². The maximum absolute atomic E-state index is 14.3. The van der Waals surface area contributed by atoms with Crippen LogP contribution in [0.2, 0.25) is 10.0 Å². The van der Waals surface area contributed by atoms with Gasteiger partial charge in [-0.25, -0.2) is 14.4 Å². The van der Waals surface area contributed by atoms with Gasteiger partial charge >= 0.3 is 0 Å². The molecule has 4 rings (SSSR count). The summed E-state index contributed by atoms with van der Waals surface area (Å²) in [6.07, 6.45) is 2.32. The molecule has 0 aliphatic carbocycles. The fourth-order valence-electron chi connectivity index (χ4n) is 2.76. The van der Waals surface area contributed by atoms with Crippen LogP contribution in [0.3, 0.4) is 0 Å². The van der Waals surface area contributed by atoms with Gasteiger partial charge in [-0.2, -0.15) is 0 Å². The average Bonchev–Trinajstić information content (AvgIpc) is 3.15. The molecular weight excluding hydrogens is 416 g/mol. The van der Waals surface area contributed by atoms with Crippen LogP contribution in [0.25, 0.3) is 10.9 Å². The predicted molar refractivity (Wildman–Crippen MR) is 106 cm³/mol. The first kappa shape index (κ1) is 19.9. The molecule has 1 N–H and O–H groups in total. The maximum Gasteiger partial charge on any atom is 0.166 e. The van der Waals surface area contributed by atoms with Gasteiger partial charge < -0.3 is 14.8 Å². The third kappa shape index (κ3) is 4.19. The van der Waals surface area contributed by atoms with E-state index in [1.165, 1.54) is 18.5 Å². The number of hydrogen-bond acceptors (Lipinski definition) is 5. The fourth-order valence-corrected chi connectivity index (χ4v) is 3.07. The van der Waals surface area contributed by atoms with Crippen LogP contribution < -0.4 is 10.1 Å². The second-order valence-corrected chi connectivity index (χ2v) is 6.64. The molecule has 1 aliphatic rings. The van der Waals surface area contributed by atoms with Crippen molar-refractivity contribution in [3.63, 3.8) is 0 Å². The fraction of sp³-hybridized carbons (Fsp3) is 0.222. The van der Waals surface area contributed by atoms with Crippen molar-refractivity contribution in [1.82, 2.24) is 9.97 Å². The molecule has 1 fully saturated rings. The molecule has 5 nitrogen and oxygen atoms in total. The monoisotopic (exact) mass is 429 g/mol. The average molecular weight is 431 g/mol. The summed E-state index contributed by atoms with van der Waals surface area (Å²) in [7, 11) is 0. The van der Waals surface area contributed by atoms with Gasteiger partial charge in [0.15, 0.2) is 5.82 Å². The number of halogens is 4. The Hall–Kier alpha value is -1.86. The molecule has 2 aromatic carbocycles. The minimum absolute atomic E-state index is 0. The highest BCUT2D eigenvalue weighted by Crippen LogP contribution is 2.33. The minimum atomic E-state index is -0.632. The number of rotatable bonds is 4. The van der Waals surface area contributed by atoms with E-state index in [2.05, 4.69) is 15.3 Å². The summed E-state index contributed by atoms with van der Waals surface area (Å²) in [5.41, 5.74) is 0.863. The summed E-state index contributed by atoms with van der Waals surface area (Å²) >= 11 is 11.7. The van der Waals surface area contributed by atoms with Crippen LogP contribution in [0.1, 0.15) is 6.42 Å². The summed E-state index contributed by atoms with van der Waals surface area (Å²) in [5, 5.41) is 3.69. The van der Waals surface area contributed by atoms with Crippen molar-refractivity contribution in [2.24, 2.45) is 0 Å². The molecule has 0 unspecified atom stereocenters. The Kier molecular flexibility index (Phi) is 6.22. The van der Waals surface area contributed by atoms with Gasteiger partial charge in [0.2, 0.25) is 0 Å². The van der Waals surface area contributed by atoms with E-state index in [0.717, 1.165) is 11.8 Å². The van der Waals surface area contributed by atoms with E-state index in [4.69, 9.17) is 32.7 Å². The van der Waals surface area contributed by atoms with E-state index in [1.54, 1.807) is 0 Å². The van der Waals surface area contributed by atoms with E-state index in [0.29, 0.717) is 30.3 Å². The molecule has 142 valence electrons. The van der Waals surface area contributed by atoms with Crippen molar-refractivity contribution >= 4 is 58.0 Å². The molecule has 1 atom stereocenters. The van der Waals surface area contributed by atoms with E-state index >= 15 is 0 Å². The predicted octanol–water partition coefficient (Wildman–Crippen LogP) is 5.41. The largest absolute Gasteiger partial charge is 0.488 e. The zero-order valence-corrected chi connectivity index (χ0v) is 16.2. The van der Waals surface area contributed by atoms with Crippen molar-refractivity contribution in [3.05, 3.63) is 52.5 Å². The number of benzene rings is 2. The van der Waals surface area contributed by atoms with Crippen molar-refractivity contribution in [2.75, 3.05) is 18.5 Å². The van der Waals surface area contributed by atoms with Crippen LogP contribution in [0, 0.1) is 5.82 Å².